The molecule has 0 saturated carbocycles. The van der Waals surface area contributed by atoms with Crippen molar-refractivity contribution >= 4 is 23.0 Å². The lowest BCUT2D eigenvalue weighted by Crippen LogP contribution is -2.10. The normalized spacial score (nSPS) is 10.8. The van der Waals surface area contributed by atoms with Crippen LogP contribution < -0.4 is 16.0 Å². The van der Waals surface area contributed by atoms with Crippen molar-refractivity contribution in [1.82, 2.24) is 9.97 Å². The molecule has 0 radical (unpaired) electrons. The largest absolute Gasteiger partial charge is 0.383 e. The Morgan fingerprint density at radius 3 is 2.52 bits per heavy atom. The Morgan fingerprint density at radius 1 is 1.19 bits per heavy atom. The third-order valence-corrected chi connectivity index (χ3v) is 3.34. The summed E-state index contributed by atoms with van der Waals surface area (Å²) >= 11 is 0. The van der Waals surface area contributed by atoms with E-state index in [-0.39, 0.29) is 5.92 Å². The molecule has 0 aliphatic carbocycles. The second-order valence-corrected chi connectivity index (χ2v) is 5.67. The summed E-state index contributed by atoms with van der Waals surface area (Å²) in [5.41, 5.74) is 8.97. The van der Waals surface area contributed by atoms with E-state index in [0.29, 0.717) is 5.82 Å². The van der Waals surface area contributed by atoms with Crippen LogP contribution in [0.25, 0.3) is 0 Å². The quantitative estimate of drug-likeness (QED) is 0.902. The fraction of sp³-hybridized carbons (Fsp3) is 0.375. The monoisotopic (exact) mass is 285 g/mol. The van der Waals surface area contributed by atoms with Gasteiger partial charge in [0.1, 0.15) is 17.5 Å². The van der Waals surface area contributed by atoms with Crippen molar-refractivity contribution < 1.29 is 0 Å². The highest BCUT2D eigenvalue weighted by atomic mass is 15.1. The maximum atomic E-state index is 5.99. The number of nitrogens with two attached hydrogens (primary N) is 1. The number of anilines is 4. The minimum absolute atomic E-state index is 0.238. The van der Waals surface area contributed by atoms with Crippen molar-refractivity contribution in [1.29, 1.82) is 0 Å². The number of rotatable bonds is 4. The third kappa shape index (κ3) is 3.42. The summed E-state index contributed by atoms with van der Waals surface area (Å²) in [6, 6.07) is 8.17. The predicted molar refractivity (Wildman–Crippen MR) is 89.3 cm³/mol. The minimum Gasteiger partial charge on any atom is -0.383 e. The van der Waals surface area contributed by atoms with Gasteiger partial charge in [-0.2, -0.15) is 0 Å². The van der Waals surface area contributed by atoms with Crippen LogP contribution in [0.3, 0.4) is 0 Å². The zero-order valence-electron chi connectivity index (χ0n) is 13.3. The fourth-order valence-corrected chi connectivity index (χ4v) is 1.93. The van der Waals surface area contributed by atoms with Gasteiger partial charge in [-0.05, 0) is 25.1 Å². The van der Waals surface area contributed by atoms with E-state index in [9.17, 15) is 0 Å². The number of hydrogen-bond donors (Lipinski definition) is 2. The molecule has 0 atom stereocenters. The predicted octanol–water partition coefficient (Wildman–Crippen LogP) is 3.30. The molecule has 0 amide bonds. The molecule has 112 valence electrons. The molecule has 0 bridgehead atoms. The second-order valence-electron chi connectivity index (χ2n) is 5.67. The summed E-state index contributed by atoms with van der Waals surface area (Å²) in [4.78, 5) is 11.0. The zero-order chi connectivity index (χ0) is 15.6. The smallest absolute Gasteiger partial charge is 0.139 e. The number of hydrogen-bond acceptors (Lipinski definition) is 5. The number of nitrogens with zero attached hydrogens (tertiary/aromatic N) is 3. The zero-order valence-corrected chi connectivity index (χ0v) is 13.3. The lowest BCUT2D eigenvalue weighted by Gasteiger charge is -2.16. The number of nitrogen functional groups attached to an aromatic ring is 1. The molecule has 0 unspecified atom stereocenters. The van der Waals surface area contributed by atoms with Crippen LogP contribution in [0.4, 0.5) is 23.0 Å². The van der Waals surface area contributed by atoms with E-state index in [2.05, 4.69) is 46.2 Å². The van der Waals surface area contributed by atoms with Gasteiger partial charge in [0, 0.05) is 37.0 Å². The van der Waals surface area contributed by atoms with Gasteiger partial charge in [-0.1, -0.05) is 19.9 Å². The van der Waals surface area contributed by atoms with Gasteiger partial charge in [-0.3, -0.25) is 0 Å². The Bertz CT molecular complexity index is 635. The molecular formula is C16H23N5. The molecule has 0 saturated heterocycles. The highest BCUT2D eigenvalue weighted by molar-refractivity contribution is 5.67. The van der Waals surface area contributed by atoms with Crippen LogP contribution >= 0.6 is 0 Å². The standard InChI is InChI=1S/C16H23N5/c1-10(2)15-19-14(17)11(3)16(20-15)18-12-7-6-8-13(9-12)21(4)5/h6-10H,1-5H3,(H3,17,18,19,20). The Kier molecular flexibility index (Phi) is 4.31. The van der Waals surface area contributed by atoms with Crippen molar-refractivity contribution in [2.45, 2.75) is 26.7 Å². The third-order valence-electron chi connectivity index (χ3n) is 3.34. The summed E-state index contributed by atoms with van der Waals surface area (Å²) < 4.78 is 0. The summed E-state index contributed by atoms with van der Waals surface area (Å²) in [6.07, 6.45) is 0. The second kappa shape index (κ2) is 5.99. The summed E-state index contributed by atoms with van der Waals surface area (Å²) in [5, 5.41) is 3.35. The van der Waals surface area contributed by atoms with E-state index >= 15 is 0 Å². The van der Waals surface area contributed by atoms with Gasteiger partial charge in [0.15, 0.2) is 0 Å². The number of nitrogens with one attached hydrogen (secondary N) is 1. The van der Waals surface area contributed by atoms with Gasteiger partial charge < -0.3 is 16.0 Å². The van der Waals surface area contributed by atoms with Crippen LogP contribution in [0.1, 0.15) is 31.2 Å². The van der Waals surface area contributed by atoms with Crippen molar-refractivity contribution in [2.24, 2.45) is 0 Å². The van der Waals surface area contributed by atoms with E-state index < -0.39 is 0 Å². The maximum absolute atomic E-state index is 5.99. The molecule has 2 rings (SSSR count). The average molecular weight is 285 g/mol. The molecule has 0 fully saturated rings. The number of benzene rings is 1. The van der Waals surface area contributed by atoms with Crippen molar-refractivity contribution in [3.8, 4) is 0 Å². The van der Waals surface area contributed by atoms with Gasteiger partial charge in [-0.15, -0.1) is 0 Å². The van der Waals surface area contributed by atoms with Crippen LogP contribution in [0.2, 0.25) is 0 Å². The van der Waals surface area contributed by atoms with Crippen LogP contribution in [-0.4, -0.2) is 24.1 Å². The SMILES string of the molecule is Cc1c(N)nc(C(C)C)nc1Nc1cccc(N(C)C)c1. The Labute approximate surface area is 126 Å². The molecule has 21 heavy (non-hydrogen) atoms. The van der Waals surface area contributed by atoms with E-state index in [1.54, 1.807) is 0 Å². The lowest BCUT2D eigenvalue weighted by molar-refractivity contribution is 0.776. The van der Waals surface area contributed by atoms with Crippen LogP contribution in [-0.2, 0) is 0 Å². The van der Waals surface area contributed by atoms with Gasteiger partial charge in [0.2, 0.25) is 0 Å². The molecule has 0 aliphatic heterocycles. The van der Waals surface area contributed by atoms with E-state index in [1.165, 1.54) is 0 Å². The molecule has 3 N–H and O–H groups in total. The van der Waals surface area contributed by atoms with Crippen LogP contribution in [0.15, 0.2) is 24.3 Å². The summed E-state index contributed by atoms with van der Waals surface area (Å²) in [5.74, 6) is 2.29. The fourth-order valence-electron chi connectivity index (χ4n) is 1.93. The lowest BCUT2D eigenvalue weighted by atomic mass is 10.2. The minimum atomic E-state index is 0.238. The van der Waals surface area contributed by atoms with Crippen molar-refractivity contribution in [3.05, 3.63) is 35.7 Å². The average Bonchev–Trinajstić information content (AvgIpc) is 2.43. The molecule has 1 heterocycles. The van der Waals surface area contributed by atoms with Gasteiger partial charge in [-0.25, -0.2) is 9.97 Å². The first kappa shape index (κ1) is 15.1. The maximum Gasteiger partial charge on any atom is 0.139 e. The van der Waals surface area contributed by atoms with Gasteiger partial charge in [0.05, 0.1) is 0 Å². The van der Waals surface area contributed by atoms with Gasteiger partial charge >= 0.3 is 0 Å². The van der Waals surface area contributed by atoms with Crippen LogP contribution in [0.5, 0.6) is 0 Å². The van der Waals surface area contributed by atoms with Crippen molar-refractivity contribution in [2.75, 3.05) is 30.0 Å². The molecular weight excluding hydrogens is 262 g/mol. The molecule has 1 aromatic heterocycles. The molecule has 0 aliphatic rings. The summed E-state index contributed by atoms with van der Waals surface area (Å²) in [7, 11) is 4.04. The Balaban J connectivity index is 2.37. The van der Waals surface area contributed by atoms with E-state index in [1.807, 2.05) is 33.2 Å². The highest BCUT2D eigenvalue weighted by Crippen LogP contribution is 2.26. The first-order valence-electron chi connectivity index (χ1n) is 7.07. The van der Waals surface area contributed by atoms with Crippen molar-refractivity contribution in [3.63, 3.8) is 0 Å². The van der Waals surface area contributed by atoms with E-state index in [4.69, 9.17) is 5.73 Å². The summed E-state index contributed by atoms with van der Waals surface area (Å²) in [6.45, 7) is 6.04. The highest BCUT2D eigenvalue weighted by Gasteiger charge is 2.11. The molecule has 2 aromatic rings. The van der Waals surface area contributed by atoms with Crippen LogP contribution in [0, 0.1) is 6.92 Å². The Hall–Kier alpha value is -2.30. The molecule has 5 nitrogen and oxygen atoms in total. The molecule has 0 spiro atoms. The molecule has 5 heteroatoms. The first-order valence-corrected chi connectivity index (χ1v) is 7.07. The van der Waals surface area contributed by atoms with Gasteiger partial charge in [0.25, 0.3) is 0 Å². The topological polar surface area (TPSA) is 67.1 Å². The van der Waals surface area contributed by atoms with E-state index in [0.717, 1.165) is 28.6 Å². The first-order chi connectivity index (χ1) is 9.88. The molecule has 1 aromatic carbocycles. The number of aromatic nitrogens is 2. The Morgan fingerprint density at radius 2 is 1.90 bits per heavy atom.